The third-order valence-electron chi connectivity index (χ3n) is 6.55. The zero-order valence-electron chi connectivity index (χ0n) is 20.0. The van der Waals surface area contributed by atoms with Gasteiger partial charge in [0.05, 0.1) is 19.0 Å². The van der Waals surface area contributed by atoms with Crippen molar-refractivity contribution in [3.8, 4) is 5.75 Å². The molecule has 8 heteroatoms. The normalized spacial score (nSPS) is 19.2. The van der Waals surface area contributed by atoms with Crippen LogP contribution in [0.3, 0.4) is 0 Å². The molecule has 180 valence electrons. The molecular weight excluding hydrogens is 426 g/mol. The van der Waals surface area contributed by atoms with Crippen LogP contribution in [-0.2, 0) is 6.54 Å². The topological polar surface area (TPSA) is 68.3 Å². The number of aromatic nitrogens is 1. The van der Waals surface area contributed by atoms with Crippen molar-refractivity contribution in [2.24, 2.45) is 5.10 Å². The molecule has 1 aromatic heterocycles. The maximum absolute atomic E-state index is 5.98. The van der Waals surface area contributed by atoms with Gasteiger partial charge in [0.25, 0.3) is 0 Å². The van der Waals surface area contributed by atoms with Crippen molar-refractivity contribution in [1.82, 2.24) is 30.4 Å². The van der Waals surface area contributed by atoms with E-state index in [1.54, 1.807) is 6.20 Å². The van der Waals surface area contributed by atoms with E-state index in [9.17, 15) is 0 Å². The molecule has 1 aromatic carbocycles. The number of hydrogen-bond acceptors (Lipinski definition) is 8. The van der Waals surface area contributed by atoms with Gasteiger partial charge in [-0.15, -0.1) is 0 Å². The van der Waals surface area contributed by atoms with Crippen LogP contribution in [0.15, 0.2) is 65.4 Å². The van der Waals surface area contributed by atoms with Crippen molar-refractivity contribution in [3.63, 3.8) is 0 Å². The third kappa shape index (κ3) is 5.69. The molecule has 1 saturated heterocycles. The van der Waals surface area contributed by atoms with E-state index in [4.69, 9.17) is 4.74 Å². The van der Waals surface area contributed by atoms with Crippen molar-refractivity contribution in [2.75, 3.05) is 46.5 Å². The molecule has 0 aliphatic carbocycles. The molecule has 1 fully saturated rings. The van der Waals surface area contributed by atoms with Gasteiger partial charge < -0.3 is 19.9 Å². The van der Waals surface area contributed by atoms with Gasteiger partial charge in [-0.2, -0.15) is 5.10 Å². The molecule has 0 radical (unpaired) electrons. The first-order chi connectivity index (χ1) is 16.7. The van der Waals surface area contributed by atoms with Crippen molar-refractivity contribution < 1.29 is 4.74 Å². The average Bonchev–Trinajstić information content (AvgIpc) is 2.88. The van der Waals surface area contributed by atoms with E-state index in [0.29, 0.717) is 0 Å². The summed E-state index contributed by atoms with van der Waals surface area (Å²) in [5, 5.41) is 8.18. The van der Waals surface area contributed by atoms with Crippen LogP contribution in [0.4, 0.5) is 0 Å². The van der Waals surface area contributed by atoms with Crippen LogP contribution in [0.5, 0.6) is 5.75 Å². The number of hydrazone groups is 1. The maximum atomic E-state index is 5.98. The monoisotopic (exact) mass is 461 g/mol. The molecule has 3 aliphatic heterocycles. The van der Waals surface area contributed by atoms with Gasteiger partial charge in [0.1, 0.15) is 11.6 Å². The first-order valence-corrected chi connectivity index (χ1v) is 12.4. The summed E-state index contributed by atoms with van der Waals surface area (Å²) in [6.07, 6.45) is 8.85. The van der Waals surface area contributed by atoms with Crippen LogP contribution in [0, 0.1) is 0 Å². The van der Waals surface area contributed by atoms with E-state index in [1.807, 2.05) is 24.4 Å². The van der Waals surface area contributed by atoms with Crippen LogP contribution in [0.2, 0.25) is 0 Å². The minimum absolute atomic E-state index is 0.756. The molecule has 0 spiro atoms. The molecule has 4 heterocycles. The molecular formula is C26H35N7O. The summed E-state index contributed by atoms with van der Waals surface area (Å²) in [7, 11) is 2.13. The summed E-state index contributed by atoms with van der Waals surface area (Å²) in [6.45, 7) is 6.82. The largest absolute Gasteiger partial charge is 0.494 e. The minimum atomic E-state index is 0.756. The van der Waals surface area contributed by atoms with Crippen LogP contribution in [0.25, 0.3) is 0 Å². The lowest BCUT2D eigenvalue weighted by Gasteiger charge is -2.39. The first-order valence-electron chi connectivity index (χ1n) is 12.4. The van der Waals surface area contributed by atoms with E-state index >= 15 is 0 Å². The number of nitrogens with one attached hydrogen (secondary N) is 2. The van der Waals surface area contributed by atoms with Gasteiger partial charge in [-0.05, 0) is 75.3 Å². The molecule has 0 atom stereocenters. The Morgan fingerprint density at radius 3 is 2.71 bits per heavy atom. The maximum Gasteiger partial charge on any atom is 0.157 e. The van der Waals surface area contributed by atoms with Gasteiger partial charge in [-0.3, -0.25) is 15.3 Å². The molecule has 3 aliphatic rings. The average molecular weight is 462 g/mol. The summed E-state index contributed by atoms with van der Waals surface area (Å²) in [5.41, 5.74) is 6.63. The molecule has 2 N–H and O–H groups in total. The van der Waals surface area contributed by atoms with Gasteiger partial charge in [0.15, 0.2) is 5.84 Å². The molecule has 0 saturated carbocycles. The fraction of sp³-hybridized carbons (Fsp3) is 0.462. The second-order valence-corrected chi connectivity index (χ2v) is 9.37. The summed E-state index contributed by atoms with van der Waals surface area (Å²) in [4.78, 5) is 11.4. The van der Waals surface area contributed by atoms with Gasteiger partial charge in [-0.25, -0.2) is 0 Å². The Labute approximate surface area is 202 Å². The molecule has 0 bridgehead atoms. The lowest BCUT2D eigenvalue weighted by Crippen LogP contribution is -2.51. The molecule has 34 heavy (non-hydrogen) atoms. The Hall–Kier alpha value is -3.10. The van der Waals surface area contributed by atoms with Crippen LogP contribution < -0.4 is 15.5 Å². The van der Waals surface area contributed by atoms with Gasteiger partial charge in [0, 0.05) is 37.6 Å². The quantitative estimate of drug-likeness (QED) is 0.586. The van der Waals surface area contributed by atoms with E-state index in [1.165, 1.54) is 37.9 Å². The van der Waals surface area contributed by atoms with Gasteiger partial charge >= 0.3 is 0 Å². The highest BCUT2D eigenvalue weighted by Crippen LogP contribution is 2.21. The number of rotatable bonds is 8. The van der Waals surface area contributed by atoms with Crippen LogP contribution in [0.1, 0.15) is 36.8 Å². The summed E-state index contributed by atoms with van der Waals surface area (Å²) in [6, 6.07) is 12.3. The number of likely N-dealkylation sites (N-methyl/N-ethyl adjacent to an activating group) is 1. The number of benzene rings is 1. The fourth-order valence-electron chi connectivity index (χ4n) is 4.81. The zero-order chi connectivity index (χ0) is 23.2. The van der Waals surface area contributed by atoms with E-state index in [-0.39, 0.29) is 0 Å². The minimum Gasteiger partial charge on any atom is -0.494 e. The predicted octanol–water partition coefficient (Wildman–Crippen LogP) is 2.77. The number of amidine groups is 1. The Bertz CT molecular complexity index is 1000. The highest BCUT2D eigenvalue weighted by atomic mass is 16.5. The van der Waals surface area contributed by atoms with Crippen molar-refractivity contribution in [2.45, 2.75) is 32.2 Å². The SMILES string of the molecule is CN1CC2=C(NN=C(c3ccc(OCCCN4CCCCC4)cc3)N2)N(Cc2cccnc2)C1. The Morgan fingerprint density at radius 1 is 1.06 bits per heavy atom. The predicted molar refractivity (Wildman–Crippen MR) is 134 cm³/mol. The number of hydrogen-bond donors (Lipinski definition) is 2. The second-order valence-electron chi connectivity index (χ2n) is 9.37. The van der Waals surface area contributed by atoms with E-state index < -0.39 is 0 Å². The van der Waals surface area contributed by atoms with E-state index in [0.717, 1.165) is 68.0 Å². The van der Waals surface area contributed by atoms with Crippen molar-refractivity contribution >= 4 is 5.84 Å². The Kier molecular flexibility index (Phi) is 7.26. The summed E-state index contributed by atoms with van der Waals surface area (Å²) in [5.74, 6) is 2.76. The number of likely N-dealkylation sites (tertiary alicyclic amines) is 1. The Morgan fingerprint density at radius 2 is 1.91 bits per heavy atom. The number of piperidine rings is 1. The summed E-state index contributed by atoms with van der Waals surface area (Å²) >= 11 is 0. The Balaban J connectivity index is 1.15. The smallest absolute Gasteiger partial charge is 0.157 e. The standard InChI is InChI=1S/C26H35N7O/c1-31-19-24-26(33(20-31)18-21-7-5-12-27-17-21)30-29-25(28-24)22-8-10-23(11-9-22)34-16-6-15-32-13-3-2-4-14-32/h5,7-12,17,30H,2-4,6,13-16,18-20H2,1H3,(H,28,29). The van der Waals surface area contributed by atoms with Crippen LogP contribution >= 0.6 is 0 Å². The molecule has 2 aromatic rings. The highest BCUT2D eigenvalue weighted by molar-refractivity contribution is 6.00. The molecule has 8 nitrogen and oxygen atoms in total. The first kappa shape index (κ1) is 22.7. The number of nitrogens with zero attached hydrogens (tertiary/aromatic N) is 5. The van der Waals surface area contributed by atoms with Crippen LogP contribution in [-0.4, -0.2) is 72.0 Å². The van der Waals surface area contributed by atoms with Gasteiger partial charge in [-0.1, -0.05) is 12.5 Å². The third-order valence-corrected chi connectivity index (χ3v) is 6.55. The molecule has 0 unspecified atom stereocenters. The second kappa shape index (κ2) is 10.9. The molecule has 5 rings (SSSR count). The number of ether oxygens (including phenoxy) is 1. The number of pyridine rings is 1. The van der Waals surface area contributed by atoms with E-state index in [2.05, 4.69) is 60.8 Å². The fourth-order valence-corrected chi connectivity index (χ4v) is 4.81. The van der Waals surface area contributed by atoms with Gasteiger partial charge in [0.2, 0.25) is 0 Å². The molecule has 0 amide bonds. The van der Waals surface area contributed by atoms with Crippen molar-refractivity contribution in [1.29, 1.82) is 0 Å². The summed E-state index contributed by atoms with van der Waals surface area (Å²) < 4.78 is 5.98. The zero-order valence-corrected chi connectivity index (χ0v) is 20.0. The lowest BCUT2D eigenvalue weighted by molar-refractivity contribution is 0.154. The van der Waals surface area contributed by atoms with Crippen molar-refractivity contribution in [3.05, 3.63) is 71.4 Å². The lowest BCUT2D eigenvalue weighted by atomic mass is 10.1. The highest BCUT2D eigenvalue weighted by Gasteiger charge is 2.27.